The number of nitrogens with one attached hydrogen (secondary N) is 1. The lowest BCUT2D eigenvalue weighted by atomic mass is 9.98. The van der Waals surface area contributed by atoms with Crippen molar-refractivity contribution in [1.29, 1.82) is 0 Å². The van der Waals surface area contributed by atoms with Crippen molar-refractivity contribution in [2.75, 3.05) is 11.9 Å². The van der Waals surface area contributed by atoms with Gasteiger partial charge in [-0.25, -0.2) is 9.48 Å². The third-order valence-corrected chi connectivity index (χ3v) is 4.11. The van der Waals surface area contributed by atoms with E-state index in [4.69, 9.17) is 9.84 Å². The number of hydrogen-bond donors (Lipinski definition) is 2. The third-order valence-electron chi connectivity index (χ3n) is 4.11. The van der Waals surface area contributed by atoms with Crippen molar-refractivity contribution < 1.29 is 19.4 Å². The third kappa shape index (κ3) is 4.63. The van der Waals surface area contributed by atoms with Crippen LogP contribution in [-0.2, 0) is 9.53 Å². The Hall–Kier alpha value is -2.74. The second-order valence-electron chi connectivity index (χ2n) is 6.02. The normalized spacial score (nSPS) is 15.0. The van der Waals surface area contributed by atoms with Crippen molar-refractivity contribution in [3.8, 4) is 5.69 Å². The number of carbonyl (C=O) groups excluding carboxylic acids is 1. The van der Waals surface area contributed by atoms with Gasteiger partial charge in [0.05, 0.1) is 18.0 Å². The molecule has 0 aliphatic heterocycles. The molecule has 0 unspecified atom stereocenters. The van der Waals surface area contributed by atoms with Gasteiger partial charge in [0.1, 0.15) is 6.61 Å². The molecule has 8 nitrogen and oxygen atoms in total. The van der Waals surface area contributed by atoms with Crippen LogP contribution in [0.25, 0.3) is 5.69 Å². The van der Waals surface area contributed by atoms with Crippen LogP contribution in [0.15, 0.2) is 30.5 Å². The van der Waals surface area contributed by atoms with Crippen molar-refractivity contribution in [2.24, 2.45) is 0 Å². The van der Waals surface area contributed by atoms with E-state index in [1.165, 1.54) is 17.3 Å². The van der Waals surface area contributed by atoms with E-state index in [9.17, 15) is 9.59 Å². The van der Waals surface area contributed by atoms with Gasteiger partial charge in [-0.3, -0.25) is 4.79 Å². The predicted octanol–water partition coefficient (Wildman–Crippen LogP) is 2.25. The molecule has 1 amide bonds. The summed E-state index contributed by atoms with van der Waals surface area (Å²) in [6.07, 6.45) is 7.08. The highest BCUT2D eigenvalue weighted by molar-refractivity contribution is 5.92. The number of carboxylic acids is 1. The minimum atomic E-state index is -1.14. The molecule has 0 saturated heterocycles. The zero-order valence-electron chi connectivity index (χ0n) is 13.7. The first-order valence-corrected chi connectivity index (χ1v) is 8.29. The number of hydrogen-bond acceptors (Lipinski definition) is 5. The molecular weight excluding hydrogens is 324 g/mol. The van der Waals surface area contributed by atoms with Crippen molar-refractivity contribution in [1.82, 2.24) is 15.0 Å². The fourth-order valence-corrected chi connectivity index (χ4v) is 2.84. The van der Waals surface area contributed by atoms with E-state index in [-0.39, 0.29) is 24.3 Å². The van der Waals surface area contributed by atoms with Gasteiger partial charge >= 0.3 is 5.97 Å². The highest BCUT2D eigenvalue weighted by Crippen LogP contribution is 2.20. The quantitative estimate of drug-likeness (QED) is 0.832. The fraction of sp³-hybridized carbons (Fsp3) is 0.412. The van der Waals surface area contributed by atoms with Gasteiger partial charge in [0.15, 0.2) is 5.69 Å². The van der Waals surface area contributed by atoms with E-state index >= 15 is 0 Å². The van der Waals surface area contributed by atoms with E-state index in [1.54, 1.807) is 24.3 Å². The van der Waals surface area contributed by atoms with Gasteiger partial charge in [0.25, 0.3) is 0 Å². The van der Waals surface area contributed by atoms with Crippen LogP contribution in [0.1, 0.15) is 42.6 Å². The molecule has 2 N–H and O–H groups in total. The number of ether oxygens (including phenoxy) is 1. The molecule has 132 valence electrons. The molecule has 1 aromatic carbocycles. The number of carbonyl (C=O) groups is 2. The molecule has 25 heavy (non-hydrogen) atoms. The maximum Gasteiger partial charge on any atom is 0.358 e. The zero-order chi connectivity index (χ0) is 17.6. The Kier molecular flexibility index (Phi) is 5.39. The molecular formula is C17H20N4O4. The van der Waals surface area contributed by atoms with Crippen LogP contribution < -0.4 is 5.32 Å². The van der Waals surface area contributed by atoms with E-state index in [0.29, 0.717) is 11.4 Å². The summed E-state index contributed by atoms with van der Waals surface area (Å²) in [6, 6.07) is 6.93. The number of benzene rings is 1. The number of anilines is 1. The van der Waals surface area contributed by atoms with Gasteiger partial charge in [-0.2, -0.15) is 0 Å². The molecule has 1 heterocycles. The summed E-state index contributed by atoms with van der Waals surface area (Å²) in [7, 11) is 0. The summed E-state index contributed by atoms with van der Waals surface area (Å²) in [5.74, 6) is -1.36. The van der Waals surface area contributed by atoms with Crippen LogP contribution in [-0.4, -0.2) is 44.7 Å². The predicted molar refractivity (Wildman–Crippen MR) is 89.8 cm³/mol. The van der Waals surface area contributed by atoms with E-state index < -0.39 is 5.97 Å². The molecule has 0 spiro atoms. The Morgan fingerprint density at radius 1 is 1.28 bits per heavy atom. The maximum absolute atomic E-state index is 12.0. The Morgan fingerprint density at radius 3 is 2.80 bits per heavy atom. The molecule has 2 aromatic rings. The molecule has 1 fully saturated rings. The van der Waals surface area contributed by atoms with Crippen molar-refractivity contribution in [3.63, 3.8) is 0 Å². The molecule has 1 saturated carbocycles. The number of aromatic carboxylic acids is 1. The summed E-state index contributed by atoms with van der Waals surface area (Å²) < 4.78 is 7.00. The fourth-order valence-electron chi connectivity index (χ4n) is 2.84. The van der Waals surface area contributed by atoms with E-state index in [2.05, 4.69) is 15.6 Å². The average molecular weight is 344 g/mol. The number of aromatic nitrogens is 3. The minimum Gasteiger partial charge on any atom is -0.476 e. The van der Waals surface area contributed by atoms with Crippen LogP contribution in [0.5, 0.6) is 0 Å². The molecule has 3 rings (SSSR count). The Morgan fingerprint density at radius 2 is 2.08 bits per heavy atom. The monoisotopic (exact) mass is 344 g/mol. The zero-order valence-corrected chi connectivity index (χ0v) is 13.7. The van der Waals surface area contributed by atoms with Crippen molar-refractivity contribution in [3.05, 3.63) is 36.2 Å². The number of nitrogens with zero attached hydrogens (tertiary/aromatic N) is 3. The van der Waals surface area contributed by atoms with E-state index in [0.717, 1.165) is 25.7 Å². The lowest BCUT2D eigenvalue weighted by molar-refractivity contribution is -0.123. The Labute approximate surface area is 144 Å². The molecule has 1 aromatic heterocycles. The molecule has 0 bridgehead atoms. The number of rotatable bonds is 6. The first kappa shape index (κ1) is 17.1. The molecule has 8 heteroatoms. The van der Waals surface area contributed by atoms with Crippen LogP contribution in [0.3, 0.4) is 0 Å². The highest BCUT2D eigenvalue weighted by atomic mass is 16.5. The topological polar surface area (TPSA) is 106 Å². The largest absolute Gasteiger partial charge is 0.476 e. The smallest absolute Gasteiger partial charge is 0.358 e. The maximum atomic E-state index is 12.0. The highest BCUT2D eigenvalue weighted by Gasteiger charge is 2.15. The van der Waals surface area contributed by atoms with Crippen molar-refractivity contribution in [2.45, 2.75) is 38.2 Å². The SMILES string of the molecule is O=C(COC1CCCCC1)Nc1cccc(-n2cc(C(=O)O)nn2)c1. The first-order chi connectivity index (χ1) is 12.1. The van der Waals surface area contributed by atoms with Gasteiger partial charge in [-0.1, -0.05) is 30.5 Å². The number of carboxylic acid groups (broad SMARTS) is 1. The van der Waals surface area contributed by atoms with E-state index in [1.807, 2.05) is 0 Å². The van der Waals surface area contributed by atoms with Gasteiger partial charge in [-0.05, 0) is 31.0 Å². The second-order valence-corrected chi connectivity index (χ2v) is 6.02. The lowest BCUT2D eigenvalue weighted by Crippen LogP contribution is -2.24. The second kappa shape index (κ2) is 7.89. The molecule has 0 radical (unpaired) electrons. The summed E-state index contributed by atoms with van der Waals surface area (Å²) in [5, 5.41) is 19.0. The summed E-state index contributed by atoms with van der Waals surface area (Å²) in [6.45, 7) is 0.0291. The molecule has 0 atom stereocenters. The molecule has 1 aliphatic carbocycles. The standard InChI is InChI=1S/C17H20N4O4/c22-16(11-25-14-7-2-1-3-8-14)18-12-5-4-6-13(9-12)21-10-15(17(23)24)19-20-21/h4-6,9-10,14H,1-3,7-8,11H2,(H,18,22)(H,23,24). The van der Waals surface area contributed by atoms with Gasteiger partial charge in [-0.15, -0.1) is 5.10 Å². The number of amides is 1. The average Bonchev–Trinajstić information content (AvgIpc) is 3.12. The van der Waals surface area contributed by atoms with Crippen LogP contribution in [0.4, 0.5) is 5.69 Å². The lowest BCUT2D eigenvalue weighted by Gasteiger charge is -2.21. The minimum absolute atomic E-state index is 0.0291. The Bertz CT molecular complexity index is 753. The summed E-state index contributed by atoms with van der Waals surface area (Å²) >= 11 is 0. The molecule has 1 aliphatic rings. The van der Waals surface area contributed by atoms with Gasteiger partial charge < -0.3 is 15.2 Å². The summed E-state index contributed by atoms with van der Waals surface area (Å²) in [5.41, 5.74) is 1.04. The first-order valence-electron chi connectivity index (χ1n) is 8.29. The Balaban J connectivity index is 1.58. The summed E-state index contributed by atoms with van der Waals surface area (Å²) in [4.78, 5) is 22.9. The van der Waals surface area contributed by atoms with Gasteiger partial charge in [0, 0.05) is 5.69 Å². The van der Waals surface area contributed by atoms with Crippen LogP contribution >= 0.6 is 0 Å². The van der Waals surface area contributed by atoms with Crippen LogP contribution in [0, 0.1) is 0 Å². The van der Waals surface area contributed by atoms with Crippen molar-refractivity contribution >= 4 is 17.6 Å². The van der Waals surface area contributed by atoms with Crippen LogP contribution in [0.2, 0.25) is 0 Å². The van der Waals surface area contributed by atoms with Gasteiger partial charge in [0.2, 0.25) is 5.91 Å².